The molecule has 1 atom stereocenters. The fourth-order valence-electron chi connectivity index (χ4n) is 3.53. The summed E-state index contributed by atoms with van der Waals surface area (Å²) in [5.74, 6) is 2.51. The number of hydrogen-bond acceptors (Lipinski definition) is 9. The number of rotatable bonds is 5. The van der Waals surface area contributed by atoms with Gasteiger partial charge in [-0.1, -0.05) is 0 Å². The van der Waals surface area contributed by atoms with Crippen LogP contribution in [0.25, 0.3) is 22.3 Å². The van der Waals surface area contributed by atoms with Gasteiger partial charge in [0.2, 0.25) is 0 Å². The summed E-state index contributed by atoms with van der Waals surface area (Å²) in [7, 11) is 0. The van der Waals surface area contributed by atoms with E-state index < -0.39 is 0 Å². The van der Waals surface area contributed by atoms with Gasteiger partial charge in [0.05, 0.1) is 23.3 Å². The molecule has 152 valence electrons. The Balaban J connectivity index is 1.50. The van der Waals surface area contributed by atoms with Gasteiger partial charge >= 0.3 is 0 Å². The SMILES string of the molecule is N#Cc1ccnc(Nc2cc(-c3nc(NC4CCNC4)c4ccncc4n3)ccn2)c1. The molecule has 0 spiro atoms. The Kier molecular flexibility index (Phi) is 5.04. The van der Waals surface area contributed by atoms with Crippen molar-refractivity contribution in [3.05, 3.63) is 60.7 Å². The van der Waals surface area contributed by atoms with Crippen LogP contribution in [0.1, 0.15) is 12.0 Å². The lowest BCUT2D eigenvalue weighted by Crippen LogP contribution is -2.23. The number of pyridine rings is 3. The van der Waals surface area contributed by atoms with Crippen LogP contribution in [-0.4, -0.2) is 44.1 Å². The zero-order valence-corrected chi connectivity index (χ0v) is 16.6. The first kappa shape index (κ1) is 18.8. The maximum absolute atomic E-state index is 9.08. The van der Waals surface area contributed by atoms with Crippen LogP contribution in [-0.2, 0) is 0 Å². The molecule has 0 amide bonds. The van der Waals surface area contributed by atoms with Crippen LogP contribution in [0.2, 0.25) is 0 Å². The van der Waals surface area contributed by atoms with Crippen molar-refractivity contribution in [3.8, 4) is 17.5 Å². The van der Waals surface area contributed by atoms with E-state index in [0.29, 0.717) is 29.1 Å². The number of aromatic nitrogens is 5. The average Bonchev–Trinajstić information content (AvgIpc) is 3.32. The highest BCUT2D eigenvalue weighted by atomic mass is 15.1. The molecule has 9 nitrogen and oxygen atoms in total. The van der Waals surface area contributed by atoms with Gasteiger partial charge in [0.1, 0.15) is 17.5 Å². The van der Waals surface area contributed by atoms with Crippen LogP contribution < -0.4 is 16.0 Å². The van der Waals surface area contributed by atoms with Gasteiger partial charge in [-0.3, -0.25) is 4.98 Å². The van der Waals surface area contributed by atoms with Crippen molar-refractivity contribution in [2.75, 3.05) is 23.7 Å². The molecular formula is C22H19N9. The van der Waals surface area contributed by atoms with Crippen LogP contribution in [0, 0.1) is 11.3 Å². The topological polar surface area (TPSA) is 124 Å². The molecule has 1 unspecified atom stereocenters. The summed E-state index contributed by atoms with van der Waals surface area (Å²) >= 11 is 0. The minimum atomic E-state index is 0.326. The zero-order valence-electron chi connectivity index (χ0n) is 16.6. The van der Waals surface area contributed by atoms with E-state index in [1.165, 1.54) is 0 Å². The summed E-state index contributed by atoms with van der Waals surface area (Å²) in [4.78, 5) is 22.3. The first-order valence-electron chi connectivity index (χ1n) is 9.97. The molecule has 0 aliphatic carbocycles. The number of fused-ring (bicyclic) bond motifs is 1. The molecule has 1 fully saturated rings. The van der Waals surface area contributed by atoms with E-state index in [0.717, 1.165) is 41.8 Å². The first-order valence-corrected chi connectivity index (χ1v) is 9.97. The Hall–Kier alpha value is -4.16. The molecule has 0 saturated carbocycles. The highest BCUT2D eigenvalue weighted by Gasteiger charge is 2.17. The molecule has 31 heavy (non-hydrogen) atoms. The normalized spacial score (nSPS) is 15.5. The number of nitrogens with one attached hydrogen (secondary N) is 3. The Morgan fingerprint density at radius 3 is 2.74 bits per heavy atom. The summed E-state index contributed by atoms with van der Waals surface area (Å²) < 4.78 is 0. The van der Waals surface area contributed by atoms with Crippen molar-refractivity contribution in [1.82, 2.24) is 30.2 Å². The molecular weight excluding hydrogens is 390 g/mol. The Morgan fingerprint density at radius 1 is 1.03 bits per heavy atom. The predicted molar refractivity (Wildman–Crippen MR) is 118 cm³/mol. The van der Waals surface area contributed by atoms with Crippen LogP contribution in [0.3, 0.4) is 0 Å². The van der Waals surface area contributed by atoms with Crippen molar-refractivity contribution < 1.29 is 0 Å². The molecule has 1 aliphatic heterocycles. The molecule has 1 aliphatic rings. The number of hydrogen-bond donors (Lipinski definition) is 3. The third kappa shape index (κ3) is 4.10. The fourth-order valence-corrected chi connectivity index (χ4v) is 3.53. The molecule has 0 aromatic carbocycles. The van der Waals surface area contributed by atoms with Gasteiger partial charge in [-0.05, 0) is 43.3 Å². The average molecular weight is 409 g/mol. The quantitative estimate of drug-likeness (QED) is 0.456. The van der Waals surface area contributed by atoms with Crippen molar-refractivity contribution in [3.63, 3.8) is 0 Å². The summed E-state index contributed by atoms with van der Waals surface area (Å²) in [6, 6.07) is 11.4. The highest BCUT2D eigenvalue weighted by molar-refractivity contribution is 5.90. The summed E-state index contributed by atoms with van der Waals surface area (Å²) in [5.41, 5.74) is 2.11. The Morgan fingerprint density at radius 2 is 1.90 bits per heavy atom. The Bertz CT molecular complexity index is 1280. The van der Waals surface area contributed by atoms with Gasteiger partial charge in [0.25, 0.3) is 0 Å². The minimum absolute atomic E-state index is 0.326. The van der Waals surface area contributed by atoms with Crippen molar-refractivity contribution in [2.24, 2.45) is 0 Å². The number of anilines is 3. The number of nitrogens with zero attached hydrogens (tertiary/aromatic N) is 6. The third-order valence-corrected chi connectivity index (χ3v) is 5.06. The second-order valence-electron chi connectivity index (χ2n) is 7.22. The highest BCUT2D eigenvalue weighted by Crippen LogP contribution is 2.26. The molecule has 3 N–H and O–H groups in total. The van der Waals surface area contributed by atoms with Crippen LogP contribution >= 0.6 is 0 Å². The summed E-state index contributed by atoms with van der Waals surface area (Å²) in [5, 5.41) is 20.1. The molecule has 4 aromatic rings. The lowest BCUT2D eigenvalue weighted by Gasteiger charge is -2.15. The van der Waals surface area contributed by atoms with E-state index in [1.54, 1.807) is 36.9 Å². The molecule has 5 heterocycles. The van der Waals surface area contributed by atoms with Gasteiger partial charge < -0.3 is 16.0 Å². The Labute approximate surface area is 178 Å². The molecule has 4 aromatic heterocycles. The second kappa shape index (κ2) is 8.30. The van der Waals surface area contributed by atoms with E-state index in [4.69, 9.17) is 15.2 Å². The van der Waals surface area contributed by atoms with Gasteiger partial charge in [-0.25, -0.2) is 19.9 Å². The third-order valence-electron chi connectivity index (χ3n) is 5.06. The fraction of sp³-hybridized carbons (Fsp3) is 0.182. The van der Waals surface area contributed by atoms with Gasteiger partial charge in [-0.2, -0.15) is 5.26 Å². The van der Waals surface area contributed by atoms with E-state index >= 15 is 0 Å². The van der Waals surface area contributed by atoms with E-state index in [2.05, 4.69) is 37.0 Å². The van der Waals surface area contributed by atoms with Gasteiger partial charge in [0, 0.05) is 42.1 Å². The van der Waals surface area contributed by atoms with E-state index in [-0.39, 0.29) is 0 Å². The maximum Gasteiger partial charge on any atom is 0.162 e. The number of nitriles is 1. The van der Waals surface area contributed by atoms with Gasteiger partial charge in [-0.15, -0.1) is 0 Å². The lowest BCUT2D eigenvalue weighted by molar-refractivity contribution is 0.789. The smallest absolute Gasteiger partial charge is 0.162 e. The standard InChI is InChI=1S/C22H19N9/c23-11-14-1-7-26-19(9-14)30-20-10-15(2-8-27-20)21-29-18-13-25-6-4-17(18)22(31-21)28-16-3-5-24-12-16/h1-2,4,6-10,13,16,24H,3,5,12H2,(H,26,27,30)(H,28,29,31). The minimum Gasteiger partial charge on any atom is -0.365 e. The summed E-state index contributed by atoms with van der Waals surface area (Å²) in [6.45, 7) is 1.90. The first-order chi connectivity index (χ1) is 15.3. The molecule has 1 saturated heterocycles. The summed E-state index contributed by atoms with van der Waals surface area (Å²) in [6.07, 6.45) is 7.82. The molecule has 5 rings (SSSR count). The maximum atomic E-state index is 9.08. The monoisotopic (exact) mass is 409 g/mol. The zero-order chi connectivity index (χ0) is 21.0. The van der Waals surface area contributed by atoms with Crippen molar-refractivity contribution in [1.29, 1.82) is 5.26 Å². The predicted octanol–water partition coefficient (Wildman–Crippen LogP) is 2.87. The van der Waals surface area contributed by atoms with E-state index in [9.17, 15) is 0 Å². The molecule has 0 bridgehead atoms. The lowest BCUT2D eigenvalue weighted by atomic mass is 10.2. The van der Waals surface area contributed by atoms with Crippen LogP contribution in [0.4, 0.5) is 17.5 Å². The van der Waals surface area contributed by atoms with E-state index in [1.807, 2.05) is 18.2 Å². The van der Waals surface area contributed by atoms with Crippen molar-refractivity contribution in [2.45, 2.75) is 12.5 Å². The van der Waals surface area contributed by atoms with Crippen LogP contribution in [0.5, 0.6) is 0 Å². The van der Waals surface area contributed by atoms with Crippen LogP contribution in [0.15, 0.2) is 55.1 Å². The molecule has 9 heteroatoms. The van der Waals surface area contributed by atoms with Crippen molar-refractivity contribution >= 4 is 28.4 Å². The van der Waals surface area contributed by atoms with Gasteiger partial charge in [0.15, 0.2) is 5.82 Å². The second-order valence-corrected chi connectivity index (χ2v) is 7.22. The largest absolute Gasteiger partial charge is 0.365 e. The molecule has 0 radical (unpaired) electrons.